The highest BCUT2D eigenvalue weighted by Gasteiger charge is 2.34. The van der Waals surface area contributed by atoms with Crippen LogP contribution in [0, 0.1) is 0 Å². The summed E-state index contributed by atoms with van der Waals surface area (Å²) in [5.41, 5.74) is 1.54. The van der Waals surface area contributed by atoms with Gasteiger partial charge in [-0.05, 0) is 53.6 Å². The summed E-state index contributed by atoms with van der Waals surface area (Å²) in [6.07, 6.45) is 1.51. The zero-order valence-corrected chi connectivity index (χ0v) is 18.5. The van der Waals surface area contributed by atoms with Gasteiger partial charge < -0.3 is 24.3 Å². The molecule has 10 nitrogen and oxygen atoms in total. The molecule has 0 radical (unpaired) electrons. The van der Waals surface area contributed by atoms with Crippen LogP contribution in [0.25, 0.3) is 6.08 Å². The standard InChI is InChI=1S/C25H20N2O8/c1-33-24(31)21-9-8-19(35-21)13-27-22(28)20(26-25(27)32)12-15-4-3-7-18(11-15)34-14-16-5-2-6-17(10-16)23(29)30/h2-12H,13-14H2,1H3,(H,26,32)(H,29,30). The fourth-order valence-electron chi connectivity index (χ4n) is 3.37. The molecule has 0 aliphatic carbocycles. The number of benzene rings is 2. The third-order valence-electron chi connectivity index (χ3n) is 5.07. The van der Waals surface area contributed by atoms with Crippen LogP contribution in [0.2, 0.25) is 0 Å². The first-order chi connectivity index (χ1) is 16.8. The molecule has 3 amide bonds. The fraction of sp³-hybridized carbons (Fsp3) is 0.120. The molecule has 0 atom stereocenters. The normalized spacial score (nSPS) is 14.2. The highest BCUT2D eigenvalue weighted by atomic mass is 16.5. The summed E-state index contributed by atoms with van der Waals surface area (Å²) >= 11 is 0. The number of furan rings is 1. The average molecular weight is 476 g/mol. The van der Waals surface area contributed by atoms with Crippen molar-refractivity contribution in [3.63, 3.8) is 0 Å². The van der Waals surface area contributed by atoms with E-state index in [0.717, 1.165) is 4.90 Å². The second-order valence-corrected chi connectivity index (χ2v) is 7.50. The van der Waals surface area contributed by atoms with Gasteiger partial charge in [-0.3, -0.25) is 9.69 Å². The lowest BCUT2D eigenvalue weighted by molar-refractivity contribution is -0.123. The summed E-state index contributed by atoms with van der Waals surface area (Å²) < 4.78 is 15.7. The number of imide groups is 1. The van der Waals surface area contributed by atoms with E-state index in [4.69, 9.17) is 14.3 Å². The van der Waals surface area contributed by atoms with Crippen molar-refractivity contribution in [3.8, 4) is 5.75 Å². The van der Waals surface area contributed by atoms with Gasteiger partial charge >= 0.3 is 18.0 Å². The molecule has 3 aromatic rings. The number of rotatable bonds is 8. The summed E-state index contributed by atoms with van der Waals surface area (Å²) in [6, 6.07) is 15.6. The predicted octanol–water partition coefficient (Wildman–Crippen LogP) is 3.44. The lowest BCUT2D eigenvalue weighted by atomic mass is 10.1. The molecule has 0 spiro atoms. The highest BCUT2D eigenvalue weighted by molar-refractivity contribution is 6.13. The van der Waals surface area contributed by atoms with Crippen molar-refractivity contribution in [3.05, 3.63) is 94.6 Å². The largest absolute Gasteiger partial charge is 0.489 e. The molecule has 2 N–H and O–H groups in total. The molecule has 0 bridgehead atoms. The number of ether oxygens (including phenoxy) is 2. The summed E-state index contributed by atoms with van der Waals surface area (Å²) in [4.78, 5) is 48.7. The first-order valence-electron chi connectivity index (χ1n) is 10.4. The third kappa shape index (κ3) is 5.38. The number of urea groups is 1. The van der Waals surface area contributed by atoms with Gasteiger partial charge in [-0.15, -0.1) is 0 Å². The fourth-order valence-corrected chi connectivity index (χ4v) is 3.37. The maximum absolute atomic E-state index is 12.8. The summed E-state index contributed by atoms with van der Waals surface area (Å²) in [5.74, 6) is -1.52. The van der Waals surface area contributed by atoms with E-state index in [2.05, 4.69) is 10.1 Å². The van der Waals surface area contributed by atoms with E-state index in [1.165, 1.54) is 37.5 Å². The third-order valence-corrected chi connectivity index (χ3v) is 5.07. The topological polar surface area (TPSA) is 135 Å². The van der Waals surface area contributed by atoms with Crippen LogP contribution in [0.1, 0.15) is 37.8 Å². The first kappa shape index (κ1) is 23.3. The zero-order valence-electron chi connectivity index (χ0n) is 18.5. The summed E-state index contributed by atoms with van der Waals surface area (Å²) in [6.45, 7) is -0.00113. The summed E-state index contributed by atoms with van der Waals surface area (Å²) in [5, 5.41) is 11.6. The Labute approximate surface area is 199 Å². The smallest absolute Gasteiger partial charge is 0.373 e. The average Bonchev–Trinajstić information content (AvgIpc) is 3.43. The van der Waals surface area contributed by atoms with Crippen LogP contribution >= 0.6 is 0 Å². The Morgan fingerprint density at radius 2 is 1.89 bits per heavy atom. The molecule has 10 heteroatoms. The second-order valence-electron chi connectivity index (χ2n) is 7.50. The molecule has 2 aromatic carbocycles. The van der Waals surface area contributed by atoms with Crippen molar-refractivity contribution < 1.29 is 38.2 Å². The van der Waals surface area contributed by atoms with E-state index in [9.17, 15) is 19.2 Å². The number of carbonyl (C=O) groups excluding carboxylic acids is 3. The van der Waals surface area contributed by atoms with Gasteiger partial charge in [0.25, 0.3) is 5.91 Å². The minimum atomic E-state index is -1.02. The Kier molecular flexibility index (Phi) is 6.63. The molecule has 1 saturated heterocycles. The Morgan fingerprint density at radius 1 is 1.09 bits per heavy atom. The molecule has 4 rings (SSSR count). The predicted molar refractivity (Wildman–Crippen MR) is 121 cm³/mol. The Bertz CT molecular complexity index is 1340. The number of aromatic carboxylic acids is 1. The SMILES string of the molecule is COC(=O)c1ccc(CN2C(=O)NC(=Cc3cccc(OCc4cccc(C(=O)O)c4)c3)C2=O)o1. The van der Waals surface area contributed by atoms with Gasteiger partial charge in [-0.2, -0.15) is 0 Å². The van der Waals surface area contributed by atoms with Crippen LogP contribution in [0.15, 0.2) is 70.8 Å². The molecule has 1 fully saturated rings. The van der Waals surface area contributed by atoms with Crippen molar-refractivity contribution in [2.24, 2.45) is 0 Å². The lowest BCUT2D eigenvalue weighted by Crippen LogP contribution is -2.30. The molecule has 1 aliphatic heterocycles. The van der Waals surface area contributed by atoms with Crippen LogP contribution in [0.5, 0.6) is 5.75 Å². The second kappa shape index (κ2) is 9.96. The number of esters is 1. The summed E-state index contributed by atoms with van der Waals surface area (Å²) in [7, 11) is 1.22. The maximum Gasteiger partial charge on any atom is 0.373 e. The quantitative estimate of drug-likeness (QED) is 0.287. The van der Waals surface area contributed by atoms with E-state index in [1.807, 2.05) is 0 Å². The first-order valence-corrected chi connectivity index (χ1v) is 10.4. The molecular weight excluding hydrogens is 456 g/mol. The van der Waals surface area contributed by atoms with E-state index in [-0.39, 0.29) is 35.9 Å². The number of nitrogens with zero attached hydrogens (tertiary/aromatic N) is 1. The molecule has 35 heavy (non-hydrogen) atoms. The van der Waals surface area contributed by atoms with Gasteiger partial charge in [-0.1, -0.05) is 24.3 Å². The number of carbonyl (C=O) groups is 4. The van der Waals surface area contributed by atoms with Crippen molar-refractivity contribution in [2.75, 3.05) is 7.11 Å². The van der Waals surface area contributed by atoms with Crippen molar-refractivity contribution in [2.45, 2.75) is 13.2 Å². The van der Waals surface area contributed by atoms with Gasteiger partial charge in [-0.25, -0.2) is 14.4 Å². The lowest BCUT2D eigenvalue weighted by Gasteiger charge is -2.09. The van der Waals surface area contributed by atoms with Crippen molar-refractivity contribution in [1.29, 1.82) is 0 Å². The van der Waals surface area contributed by atoms with Crippen LogP contribution in [0.4, 0.5) is 4.79 Å². The number of nitrogens with one attached hydrogen (secondary N) is 1. The molecular formula is C25H20N2O8. The van der Waals surface area contributed by atoms with E-state index < -0.39 is 23.9 Å². The molecule has 178 valence electrons. The zero-order chi connectivity index (χ0) is 24.9. The Balaban J connectivity index is 1.43. The number of hydrogen-bond donors (Lipinski definition) is 2. The van der Waals surface area contributed by atoms with Gasteiger partial charge in [0.2, 0.25) is 5.76 Å². The van der Waals surface area contributed by atoms with E-state index >= 15 is 0 Å². The number of carboxylic acids is 1. The monoisotopic (exact) mass is 476 g/mol. The molecule has 1 aromatic heterocycles. The number of methoxy groups -OCH3 is 1. The van der Waals surface area contributed by atoms with Gasteiger partial charge in [0.1, 0.15) is 23.8 Å². The minimum absolute atomic E-state index is 0.0307. The molecule has 0 unspecified atom stereocenters. The Morgan fingerprint density at radius 3 is 2.66 bits per heavy atom. The van der Waals surface area contributed by atoms with Gasteiger partial charge in [0, 0.05) is 0 Å². The molecule has 0 saturated carbocycles. The number of hydrogen-bond acceptors (Lipinski definition) is 7. The minimum Gasteiger partial charge on any atom is -0.489 e. The molecule has 2 heterocycles. The molecule has 1 aliphatic rings. The van der Waals surface area contributed by atoms with Gasteiger partial charge in [0.15, 0.2) is 0 Å². The van der Waals surface area contributed by atoms with Crippen molar-refractivity contribution in [1.82, 2.24) is 10.2 Å². The number of amides is 3. The highest BCUT2D eigenvalue weighted by Crippen LogP contribution is 2.21. The van der Waals surface area contributed by atoms with Crippen LogP contribution in [0.3, 0.4) is 0 Å². The van der Waals surface area contributed by atoms with Crippen molar-refractivity contribution >= 4 is 30.0 Å². The van der Waals surface area contributed by atoms with Crippen LogP contribution in [-0.2, 0) is 22.7 Å². The van der Waals surface area contributed by atoms with Crippen LogP contribution < -0.4 is 10.1 Å². The van der Waals surface area contributed by atoms with Gasteiger partial charge in [0.05, 0.1) is 19.2 Å². The van der Waals surface area contributed by atoms with Crippen LogP contribution in [-0.4, -0.2) is 41.0 Å². The van der Waals surface area contributed by atoms with E-state index in [0.29, 0.717) is 16.9 Å². The van der Waals surface area contributed by atoms with E-state index in [1.54, 1.807) is 36.4 Å². The number of carboxylic acid groups (broad SMARTS) is 1. The maximum atomic E-state index is 12.8. The Hall–Kier alpha value is -4.86.